The van der Waals surface area contributed by atoms with E-state index in [1.54, 1.807) is 31.3 Å². The number of hydrogen-bond acceptors (Lipinski definition) is 3. The van der Waals surface area contributed by atoms with Crippen LogP contribution in [0.2, 0.25) is 0 Å². The highest BCUT2D eigenvalue weighted by molar-refractivity contribution is 5.99. The lowest BCUT2D eigenvalue weighted by atomic mass is 9.96. The van der Waals surface area contributed by atoms with Crippen LogP contribution in [0.5, 0.6) is 11.5 Å². The van der Waals surface area contributed by atoms with Crippen molar-refractivity contribution in [2.24, 2.45) is 0 Å². The Morgan fingerprint density at radius 1 is 1.24 bits per heavy atom. The summed E-state index contributed by atoms with van der Waals surface area (Å²) in [6, 6.07) is 1.78. The van der Waals surface area contributed by atoms with E-state index in [0.717, 1.165) is 16.9 Å². The maximum absolute atomic E-state index is 12.8. The smallest absolute Gasteiger partial charge is 0.257 e. The van der Waals surface area contributed by atoms with Crippen LogP contribution in [0.3, 0.4) is 0 Å². The summed E-state index contributed by atoms with van der Waals surface area (Å²) in [5.74, 6) is 1.26. The number of benzene rings is 1. The zero-order valence-electron chi connectivity index (χ0n) is 13.7. The van der Waals surface area contributed by atoms with Gasteiger partial charge in [-0.15, -0.1) is 6.58 Å². The van der Waals surface area contributed by atoms with E-state index >= 15 is 0 Å². The van der Waals surface area contributed by atoms with Crippen LogP contribution in [0, 0.1) is 6.92 Å². The van der Waals surface area contributed by atoms with Gasteiger partial charge in [-0.05, 0) is 38.3 Å². The summed E-state index contributed by atoms with van der Waals surface area (Å²) in [5, 5.41) is 0. The van der Waals surface area contributed by atoms with E-state index in [2.05, 4.69) is 6.58 Å². The number of allylic oxidation sites excluding steroid dienone is 1. The van der Waals surface area contributed by atoms with Crippen molar-refractivity contribution in [1.29, 1.82) is 0 Å². The molecular formula is C17H25NO3. The largest absolute Gasteiger partial charge is 0.496 e. The van der Waals surface area contributed by atoms with Gasteiger partial charge in [0, 0.05) is 19.2 Å². The van der Waals surface area contributed by atoms with Crippen LogP contribution in [0.15, 0.2) is 18.7 Å². The number of ether oxygens (including phenoxy) is 2. The first-order valence-corrected chi connectivity index (χ1v) is 7.20. The molecule has 0 unspecified atom stereocenters. The Labute approximate surface area is 127 Å². The number of amides is 1. The summed E-state index contributed by atoms with van der Waals surface area (Å²) in [6.07, 6.45) is 2.39. The van der Waals surface area contributed by atoms with Crippen molar-refractivity contribution in [3.8, 4) is 11.5 Å². The highest BCUT2D eigenvalue weighted by atomic mass is 16.5. The molecule has 0 radical (unpaired) electrons. The Kier molecular flexibility index (Phi) is 6.28. The first-order valence-electron chi connectivity index (χ1n) is 7.20. The molecule has 116 valence electrons. The molecule has 0 aliphatic heterocycles. The van der Waals surface area contributed by atoms with Crippen molar-refractivity contribution in [2.45, 2.75) is 27.2 Å². The van der Waals surface area contributed by atoms with Gasteiger partial charge < -0.3 is 14.4 Å². The number of rotatable bonds is 7. The number of carbonyl (C=O) groups excluding carboxylic acids is 1. The van der Waals surface area contributed by atoms with Gasteiger partial charge in [0.2, 0.25) is 0 Å². The molecule has 0 atom stereocenters. The lowest BCUT2D eigenvalue weighted by Gasteiger charge is -2.23. The Morgan fingerprint density at radius 2 is 1.81 bits per heavy atom. The monoisotopic (exact) mass is 291 g/mol. The zero-order chi connectivity index (χ0) is 16.0. The zero-order valence-corrected chi connectivity index (χ0v) is 13.7. The van der Waals surface area contributed by atoms with Gasteiger partial charge in [0.1, 0.15) is 11.5 Å². The Balaban J connectivity index is 3.56. The summed E-state index contributed by atoms with van der Waals surface area (Å²) in [4.78, 5) is 14.6. The van der Waals surface area contributed by atoms with Crippen LogP contribution >= 0.6 is 0 Å². The molecule has 0 heterocycles. The fraction of sp³-hybridized carbons (Fsp3) is 0.471. The molecule has 0 N–H and O–H groups in total. The third kappa shape index (κ3) is 3.38. The second-order valence-corrected chi connectivity index (χ2v) is 4.73. The molecule has 0 saturated heterocycles. The maximum atomic E-state index is 12.8. The van der Waals surface area contributed by atoms with Gasteiger partial charge in [0.25, 0.3) is 5.91 Å². The van der Waals surface area contributed by atoms with E-state index < -0.39 is 0 Å². The number of nitrogens with zero attached hydrogens (tertiary/aromatic N) is 1. The van der Waals surface area contributed by atoms with E-state index in [0.29, 0.717) is 30.8 Å². The van der Waals surface area contributed by atoms with Crippen molar-refractivity contribution < 1.29 is 14.3 Å². The third-order valence-electron chi connectivity index (χ3n) is 3.69. The molecule has 0 bridgehead atoms. The van der Waals surface area contributed by atoms with E-state index in [9.17, 15) is 4.79 Å². The van der Waals surface area contributed by atoms with Crippen LogP contribution in [0.1, 0.15) is 35.3 Å². The minimum atomic E-state index is -0.0144. The van der Waals surface area contributed by atoms with Gasteiger partial charge in [-0.3, -0.25) is 4.79 Å². The molecule has 21 heavy (non-hydrogen) atoms. The number of hydrogen-bond donors (Lipinski definition) is 0. The molecule has 0 aliphatic rings. The average Bonchev–Trinajstić information content (AvgIpc) is 2.50. The van der Waals surface area contributed by atoms with E-state index in [4.69, 9.17) is 9.47 Å². The number of carbonyl (C=O) groups is 1. The van der Waals surface area contributed by atoms with Crippen LogP contribution in [0.25, 0.3) is 0 Å². The van der Waals surface area contributed by atoms with Crippen LogP contribution in [0.4, 0.5) is 0 Å². The summed E-state index contributed by atoms with van der Waals surface area (Å²) in [6.45, 7) is 11.0. The minimum Gasteiger partial charge on any atom is -0.496 e. The Hall–Kier alpha value is -1.97. The molecule has 0 saturated carbocycles. The lowest BCUT2D eigenvalue weighted by Crippen LogP contribution is -2.31. The quantitative estimate of drug-likeness (QED) is 0.724. The topological polar surface area (TPSA) is 38.8 Å². The highest BCUT2D eigenvalue weighted by Gasteiger charge is 2.24. The SMILES string of the molecule is C=CCc1c(C)c(OC)cc(OC)c1C(=O)N(CC)CC. The van der Waals surface area contributed by atoms with E-state index in [-0.39, 0.29) is 5.91 Å². The second-order valence-electron chi connectivity index (χ2n) is 4.73. The fourth-order valence-corrected chi connectivity index (χ4v) is 2.46. The molecule has 1 amide bonds. The average molecular weight is 291 g/mol. The molecule has 0 spiro atoms. The van der Waals surface area contributed by atoms with Gasteiger partial charge in [-0.2, -0.15) is 0 Å². The number of methoxy groups -OCH3 is 2. The third-order valence-corrected chi connectivity index (χ3v) is 3.69. The summed E-state index contributed by atoms with van der Waals surface area (Å²) in [5.41, 5.74) is 2.48. The molecular weight excluding hydrogens is 266 g/mol. The molecule has 0 fully saturated rings. The van der Waals surface area contributed by atoms with Crippen molar-refractivity contribution in [2.75, 3.05) is 27.3 Å². The van der Waals surface area contributed by atoms with E-state index in [1.165, 1.54) is 0 Å². The van der Waals surface area contributed by atoms with Crippen molar-refractivity contribution >= 4 is 5.91 Å². The second kappa shape index (κ2) is 7.72. The molecule has 0 aliphatic carbocycles. The van der Waals surface area contributed by atoms with Crippen molar-refractivity contribution in [3.63, 3.8) is 0 Å². The summed E-state index contributed by atoms with van der Waals surface area (Å²) in [7, 11) is 3.19. The normalized spacial score (nSPS) is 10.1. The first kappa shape index (κ1) is 17.1. The molecule has 4 nitrogen and oxygen atoms in total. The van der Waals surface area contributed by atoms with Crippen LogP contribution in [-0.4, -0.2) is 38.1 Å². The molecule has 1 rings (SSSR count). The Bertz CT molecular complexity index is 519. The van der Waals surface area contributed by atoms with Gasteiger partial charge in [0.15, 0.2) is 0 Å². The van der Waals surface area contributed by atoms with E-state index in [1.807, 2.05) is 20.8 Å². The van der Waals surface area contributed by atoms with Gasteiger partial charge >= 0.3 is 0 Å². The van der Waals surface area contributed by atoms with Gasteiger partial charge in [0.05, 0.1) is 19.8 Å². The van der Waals surface area contributed by atoms with Crippen LogP contribution < -0.4 is 9.47 Å². The lowest BCUT2D eigenvalue weighted by molar-refractivity contribution is 0.0768. The van der Waals surface area contributed by atoms with Gasteiger partial charge in [-0.25, -0.2) is 0 Å². The Morgan fingerprint density at radius 3 is 2.24 bits per heavy atom. The molecule has 1 aromatic rings. The predicted octanol–water partition coefficient (Wildman–Crippen LogP) is 3.22. The fourth-order valence-electron chi connectivity index (χ4n) is 2.46. The highest BCUT2D eigenvalue weighted by Crippen LogP contribution is 2.34. The van der Waals surface area contributed by atoms with Gasteiger partial charge in [-0.1, -0.05) is 6.08 Å². The van der Waals surface area contributed by atoms with Crippen molar-refractivity contribution in [3.05, 3.63) is 35.4 Å². The molecule has 0 aromatic heterocycles. The van der Waals surface area contributed by atoms with Crippen molar-refractivity contribution in [1.82, 2.24) is 4.90 Å². The predicted molar refractivity (Wildman–Crippen MR) is 85.4 cm³/mol. The minimum absolute atomic E-state index is 0.0144. The summed E-state index contributed by atoms with van der Waals surface area (Å²) < 4.78 is 10.8. The maximum Gasteiger partial charge on any atom is 0.257 e. The first-order chi connectivity index (χ1) is 10.0. The standard InChI is InChI=1S/C17H25NO3/c1-7-10-13-12(4)14(20-5)11-15(21-6)16(13)17(19)18(8-2)9-3/h7,11H,1,8-10H2,2-6H3. The summed E-state index contributed by atoms with van der Waals surface area (Å²) >= 11 is 0. The molecule has 4 heteroatoms. The van der Waals surface area contributed by atoms with Crippen LogP contribution in [-0.2, 0) is 6.42 Å². The molecule has 1 aromatic carbocycles.